The summed E-state index contributed by atoms with van der Waals surface area (Å²) in [4.78, 5) is 11.0. The highest BCUT2D eigenvalue weighted by Crippen LogP contribution is 2.14. The second-order valence-electron chi connectivity index (χ2n) is 6.36. The summed E-state index contributed by atoms with van der Waals surface area (Å²) in [6, 6.07) is 10.7. The summed E-state index contributed by atoms with van der Waals surface area (Å²) < 4.78 is 0. The van der Waals surface area contributed by atoms with E-state index >= 15 is 0 Å². The molecule has 1 aromatic rings. The first kappa shape index (κ1) is 33.2. The van der Waals surface area contributed by atoms with Crippen LogP contribution in [-0.2, 0) is 11.2 Å². The molecule has 0 spiro atoms. The molecule has 174 valence electrons. The maximum atomic E-state index is 11.0. The van der Waals surface area contributed by atoms with Gasteiger partial charge in [0.15, 0.2) is 5.78 Å². The first-order valence-corrected chi connectivity index (χ1v) is 11.1. The van der Waals surface area contributed by atoms with E-state index in [-0.39, 0.29) is 12.4 Å². The van der Waals surface area contributed by atoms with Gasteiger partial charge in [0.2, 0.25) is 0 Å². The number of halogens is 1. The van der Waals surface area contributed by atoms with Gasteiger partial charge in [-0.05, 0) is 59.1 Å². The molecular weight excluding hydrogens is 398 g/mol. The molecule has 0 heterocycles. The third-order valence-corrected chi connectivity index (χ3v) is 4.21. The van der Waals surface area contributed by atoms with Crippen molar-refractivity contribution in [3.8, 4) is 0 Å². The van der Waals surface area contributed by atoms with Crippen molar-refractivity contribution in [3.05, 3.63) is 58.1 Å². The van der Waals surface area contributed by atoms with Crippen molar-refractivity contribution in [1.82, 2.24) is 5.32 Å². The topological polar surface area (TPSA) is 69.6 Å². The van der Waals surface area contributed by atoms with Gasteiger partial charge >= 0.3 is 0 Å². The lowest BCUT2D eigenvalue weighted by atomic mass is 10.1. The zero-order valence-electron chi connectivity index (χ0n) is 20.1. The molecule has 0 bridgehead atoms. The van der Waals surface area contributed by atoms with Crippen LogP contribution in [0.2, 0.25) is 0 Å². The fourth-order valence-electron chi connectivity index (χ4n) is 2.30. The van der Waals surface area contributed by atoms with Gasteiger partial charge in [0.25, 0.3) is 0 Å². The number of hydrogen-bond donors (Lipinski definition) is 3. The Morgan fingerprint density at radius 2 is 1.60 bits per heavy atom. The van der Waals surface area contributed by atoms with E-state index in [2.05, 4.69) is 55.6 Å². The second-order valence-corrected chi connectivity index (χ2v) is 6.93. The molecule has 0 aliphatic carbocycles. The average Bonchev–Trinajstić information content (AvgIpc) is 2.76. The van der Waals surface area contributed by atoms with Crippen LogP contribution in [0.15, 0.2) is 52.6 Å². The lowest BCUT2D eigenvalue weighted by molar-refractivity contribution is -0.115. The molecule has 0 fully saturated rings. The second kappa shape index (κ2) is 25.6. The van der Waals surface area contributed by atoms with Crippen molar-refractivity contribution in [3.63, 3.8) is 0 Å². The standard InChI is InChI=1S/C14H21N.C8H13ClO.C2H6O.CH4O/c1-3-13(2)12-15-11-7-10-14-8-5-4-6-9-14;1-4-7(6(3)9)8(10)5-2;1-2-3;1-2/h3-6,8-9,15H,7,10-12H2,1-2H3;4-5H2,1-3H3;3H,2H2,1H3;2H,1H3/b13-3-;7-6-;;. The van der Waals surface area contributed by atoms with Gasteiger partial charge in [-0.1, -0.05) is 67.4 Å². The average molecular weight is 442 g/mol. The molecule has 1 rings (SSSR count). The molecule has 0 aromatic heterocycles. The zero-order chi connectivity index (χ0) is 23.8. The van der Waals surface area contributed by atoms with Crippen LogP contribution >= 0.6 is 11.6 Å². The van der Waals surface area contributed by atoms with Gasteiger partial charge in [0.1, 0.15) is 0 Å². The summed E-state index contributed by atoms with van der Waals surface area (Å²) in [6.45, 7) is 13.8. The number of aliphatic hydroxyl groups is 2. The van der Waals surface area contributed by atoms with Crippen molar-refractivity contribution >= 4 is 17.4 Å². The largest absolute Gasteiger partial charge is 0.400 e. The molecule has 0 saturated heterocycles. The van der Waals surface area contributed by atoms with Crippen molar-refractivity contribution in [2.24, 2.45) is 0 Å². The van der Waals surface area contributed by atoms with E-state index < -0.39 is 0 Å². The van der Waals surface area contributed by atoms with Gasteiger partial charge in [-0.2, -0.15) is 0 Å². The molecule has 3 N–H and O–H groups in total. The lowest BCUT2D eigenvalue weighted by Crippen LogP contribution is -2.17. The van der Waals surface area contributed by atoms with Crippen LogP contribution in [0.25, 0.3) is 0 Å². The van der Waals surface area contributed by atoms with E-state index in [1.165, 1.54) is 24.0 Å². The molecule has 0 saturated carbocycles. The Labute approximate surface area is 190 Å². The molecule has 5 heteroatoms. The van der Waals surface area contributed by atoms with Crippen LogP contribution in [0.3, 0.4) is 0 Å². The third kappa shape index (κ3) is 21.3. The van der Waals surface area contributed by atoms with E-state index in [4.69, 9.17) is 21.8 Å². The van der Waals surface area contributed by atoms with Crippen LogP contribution in [0.1, 0.15) is 66.4 Å². The number of allylic oxidation sites excluding steroid dienone is 3. The van der Waals surface area contributed by atoms with Crippen LogP contribution in [0.5, 0.6) is 0 Å². The molecule has 0 aliphatic rings. The minimum atomic E-state index is 0.162. The number of aryl methyl sites for hydroxylation is 1. The summed E-state index contributed by atoms with van der Waals surface area (Å²) in [5.41, 5.74) is 3.61. The number of carbonyl (C=O) groups is 1. The predicted octanol–water partition coefficient (Wildman–Crippen LogP) is 5.67. The van der Waals surface area contributed by atoms with Gasteiger partial charge in [-0.3, -0.25) is 4.79 Å². The highest BCUT2D eigenvalue weighted by atomic mass is 35.5. The maximum Gasteiger partial charge on any atom is 0.159 e. The number of nitrogens with one attached hydrogen (secondary N) is 1. The molecule has 0 atom stereocenters. The molecule has 0 amide bonds. The van der Waals surface area contributed by atoms with Crippen molar-refractivity contribution < 1.29 is 15.0 Å². The minimum Gasteiger partial charge on any atom is -0.400 e. The Morgan fingerprint density at radius 1 is 1.07 bits per heavy atom. The first-order valence-electron chi connectivity index (χ1n) is 10.7. The zero-order valence-corrected chi connectivity index (χ0v) is 20.9. The van der Waals surface area contributed by atoms with Crippen LogP contribution in [0.4, 0.5) is 0 Å². The molecule has 0 unspecified atom stereocenters. The minimum absolute atomic E-state index is 0.162. The molecule has 30 heavy (non-hydrogen) atoms. The van der Waals surface area contributed by atoms with E-state index in [0.29, 0.717) is 11.5 Å². The van der Waals surface area contributed by atoms with Gasteiger partial charge in [-0.25, -0.2) is 0 Å². The number of hydrogen-bond acceptors (Lipinski definition) is 4. The van der Waals surface area contributed by atoms with Gasteiger partial charge in [0, 0.05) is 37.3 Å². The van der Waals surface area contributed by atoms with Crippen molar-refractivity contribution in [2.75, 3.05) is 26.8 Å². The highest BCUT2D eigenvalue weighted by molar-refractivity contribution is 6.31. The normalized spacial score (nSPS) is 10.9. The Hall–Kier alpha value is -1.46. The van der Waals surface area contributed by atoms with Crippen LogP contribution < -0.4 is 5.32 Å². The lowest BCUT2D eigenvalue weighted by Gasteiger charge is -2.04. The monoisotopic (exact) mass is 441 g/mol. The molecule has 0 radical (unpaired) electrons. The maximum absolute atomic E-state index is 11.0. The fourth-order valence-corrected chi connectivity index (χ4v) is 2.54. The third-order valence-electron chi connectivity index (χ3n) is 3.99. The molecular formula is C25H44ClNO3. The Balaban J connectivity index is -0.000000421. The smallest absolute Gasteiger partial charge is 0.159 e. The van der Waals surface area contributed by atoms with Crippen molar-refractivity contribution in [2.45, 2.75) is 67.2 Å². The number of rotatable bonds is 9. The van der Waals surface area contributed by atoms with Gasteiger partial charge in [0.05, 0.1) is 0 Å². The van der Waals surface area contributed by atoms with Gasteiger partial charge < -0.3 is 15.5 Å². The molecule has 0 aliphatic heterocycles. The summed E-state index contributed by atoms with van der Waals surface area (Å²) in [6.07, 6.45) is 5.82. The molecule has 1 aromatic carbocycles. The summed E-state index contributed by atoms with van der Waals surface area (Å²) in [7, 11) is 1.00. The molecule has 4 nitrogen and oxygen atoms in total. The predicted molar refractivity (Wildman–Crippen MR) is 132 cm³/mol. The van der Waals surface area contributed by atoms with E-state index in [1.54, 1.807) is 13.8 Å². The Bertz CT molecular complexity index is 565. The number of aliphatic hydroxyl groups excluding tert-OH is 2. The van der Waals surface area contributed by atoms with E-state index in [0.717, 1.165) is 32.2 Å². The van der Waals surface area contributed by atoms with Crippen LogP contribution in [0, 0.1) is 0 Å². The van der Waals surface area contributed by atoms with E-state index in [1.807, 2.05) is 13.8 Å². The summed E-state index contributed by atoms with van der Waals surface area (Å²) in [5, 5.41) is 18.6. The van der Waals surface area contributed by atoms with Gasteiger partial charge in [-0.15, -0.1) is 0 Å². The highest BCUT2D eigenvalue weighted by Gasteiger charge is 2.06. The van der Waals surface area contributed by atoms with Crippen LogP contribution in [-0.4, -0.2) is 42.8 Å². The number of ketones is 1. The first-order chi connectivity index (χ1) is 14.4. The quantitative estimate of drug-likeness (QED) is 0.262. The SMILES string of the molecule is C/C=C(/C)CNCCCc1ccccc1.CCC(=O)/C(CC)=C(/C)Cl.CCO.CO. The van der Waals surface area contributed by atoms with E-state index in [9.17, 15) is 4.79 Å². The summed E-state index contributed by atoms with van der Waals surface area (Å²) in [5.74, 6) is 0.162. The Kier molecular flexibility index (Phi) is 28.3. The fraction of sp³-hybridized carbons (Fsp3) is 0.560. The Morgan fingerprint density at radius 3 is 1.97 bits per heavy atom. The van der Waals surface area contributed by atoms with Crippen molar-refractivity contribution in [1.29, 1.82) is 0 Å². The number of carbonyl (C=O) groups excluding carboxylic acids is 1. The number of Topliss-reactive ketones (excluding diaryl/α,β-unsaturated/α-hetero) is 1. The summed E-state index contributed by atoms with van der Waals surface area (Å²) >= 11 is 5.68. The number of benzene rings is 1.